The van der Waals surface area contributed by atoms with Crippen LogP contribution in [0.1, 0.15) is 63.2 Å². The van der Waals surface area contributed by atoms with E-state index in [0.29, 0.717) is 11.4 Å². The highest BCUT2D eigenvalue weighted by Gasteiger charge is 2.28. The lowest BCUT2D eigenvalue weighted by molar-refractivity contribution is 0.0704. The van der Waals surface area contributed by atoms with Crippen molar-refractivity contribution in [2.45, 2.75) is 69.2 Å². The average Bonchev–Trinajstić information content (AvgIpc) is 2.98. The first-order chi connectivity index (χ1) is 14.0. The second-order valence-electron chi connectivity index (χ2n) is 9.43. The fourth-order valence-corrected chi connectivity index (χ4v) is 3.95. The van der Waals surface area contributed by atoms with E-state index in [1.807, 2.05) is 82.3 Å². The SMILES string of the molecule is Cc1nn(C(C)(C)C)c(OC(=O)c2ccc(C(C)(C)C)cc2)c1Sc1ccccc1. The zero-order valence-corrected chi connectivity index (χ0v) is 19.6. The van der Waals surface area contributed by atoms with Crippen LogP contribution in [0, 0.1) is 6.92 Å². The Labute approximate surface area is 183 Å². The largest absolute Gasteiger partial charge is 0.403 e. The molecular formula is C25H30N2O2S. The van der Waals surface area contributed by atoms with Crippen LogP contribution in [0.2, 0.25) is 0 Å². The maximum absolute atomic E-state index is 13.0. The second kappa shape index (κ2) is 8.31. The predicted octanol–water partition coefficient (Wildman–Crippen LogP) is 6.61. The van der Waals surface area contributed by atoms with Crippen LogP contribution in [0.25, 0.3) is 0 Å². The van der Waals surface area contributed by atoms with E-state index in [1.165, 1.54) is 5.56 Å². The molecule has 30 heavy (non-hydrogen) atoms. The summed E-state index contributed by atoms with van der Waals surface area (Å²) in [5, 5.41) is 4.69. The molecular weight excluding hydrogens is 392 g/mol. The summed E-state index contributed by atoms with van der Waals surface area (Å²) in [6, 6.07) is 17.7. The minimum atomic E-state index is -0.379. The van der Waals surface area contributed by atoms with Crippen LogP contribution < -0.4 is 4.74 Å². The van der Waals surface area contributed by atoms with Gasteiger partial charge in [0.15, 0.2) is 0 Å². The summed E-state index contributed by atoms with van der Waals surface area (Å²) < 4.78 is 7.75. The van der Waals surface area contributed by atoms with Crippen molar-refractivity contribution in [3.63, 3.8) is 0 Å². The lowest BCUT2D eigenvalue weighted by Crippen LogP contribution is -2.25. The number of nitrogens with zero attached hydrogens (tertiary/aromatic N) is 2. The Morgan fingerprint density at radius 3 is 2.07 bits per heavy atom. The van der Waals surface area contributed by atoms with E-state index in [4.69, 9.17) is 4.74 Å². The number of esters is 1. The van der Waals surface area contributed by atoms with Crippen molar-refractivity contribution >= 4 is 17.7 Å². The molecule has 0 radical (unpaired) electrons. The van der Waals surface area contributed by atoms with Crippen LogP contribution in [0.5, 0.6) is 5.88 Å². The van der Waals surface area contributed by atoms with Crippen molar-refractivity contribution in [1.29, 1.82) is 0 Å². The molecule has 3 aromatic rings. The molecule has 0 atom stereocenters. The number of rotatable bonds is 4. The fraction of sp³-hybridized carbons (Fsp3) is 0.360. The van der Waals surface area contributed by atoms with E-state index >= 15 is 0 Å². The van der Waals surface area contributed by atoms with Gasteiger partial charge in [-0.1, -0.05) is 62.9 Å². The fourth-order valence-electron chi connectivity index (χ4n) is 3.01. The van der Waals surface area contributed by atoms with Crippen molar-refractivity contribution in [3.8, 4) is 5.88 Å². The third-order valence-corrected chi connectivity index (χ3v) is 5.92. The van der Waals surface area contributed by atoms with Crippen LogP contribution in [0.3, 0.4) is 0 Å². The standard InChI is InChI=1S/C25H30N2O2S/c1-17-21(30-20-11-9-8-10-12-20)22(27(26-17)25(5,6)7)29-23(28)18-13-15-19(16-14-18)24(2,3)4/h8-16H,1-7H3. The summed E-state index contributed by atoms with van der Waals surface area (Å²) in [5.41, 5.74) is 2.24. The first-order valence-electron chi connectivity index (χ1n) is 10.1. The van der Waals surface area contributed by atoms with E-state index < -0.39 is 0 Å². The Kier molecular flexibility index (Phi) is 6.14. The number of benzene rings is 2. The van der Waals surface area contributed by atoms with Gasteiger partial charge in [-0.05, 0) is 62.9 Å². The highest BCUT2D eigenvalue weighted by molar-refractivity contribution is 7.99. The highest BCUT2D eigenvalue weighted by atomic mass is 32.2. The number of hydrogen-bond donors (Lipinski definition) is 0. The second-order valence-corrected chi connectivity index (χ2v) is 10.5. The van der Waals surface area contributed by atoms with Crippen molar-refractivity contribution in [2.24, 2.45) is 0 Å². The van der Waals surface area contributed by atoms with Gasteiger partial charge in [-0.3, -0.25) is 0 Å². The number of carbonyl (C=O) groups is 1. The van der Waals surface area contributed by atoms with Gasteiger partial charge in [0.1, 0.15) is 0 Å². The third-order valence-electron chi connectivity index (χ3n) is 4.74. The number of aromatic nitrogens is 2. The lowest BCUT2D eigenvalue weighted by Gasteiger charge is -2.22. The van der Waals surface area contributed by atoms with E-state index in [0.717, 1.165) is 15.5 Å². The van der Waals surface area contributed by atoms with Gasteiger partial charge in [0, 0.05) is 4.90 Å². The molecule has 0 N–H and O–H groups in total. The van der Waals surface area contributed by atoms with Gasteiger partial charge in [0.2, 0.25) is 5.88 Å². The van der Waals surface area contributed by atoms with Gasteiger partial charge in [0.25, 0.3) is 0 Å². The smallest absolute Gasteiger partial charge is 0.344 e. The normalized spacial score (nSPS) is 12.1. The molecule has 0 aliphatic rings. The quantitative estimate of drug-likeness (QED) is 0.444. The summed E-state index contributed by atoms with van der Waals surface area (Å²) in [4.78, 5) is 14.9. The van der Waals surface area contributed by atoms with Crippen LogP contribution in [-0.2, 0) is 11.0 Å². The molecule has 0 saturated carbocycles. The Bertz CT molecular complexity index is 1020. The third kappa shape index (κ3) is 4.96. The molecule has 1 aromatic heterocycles. The number of hydrogen-bond acceptors (Lipinski definition) is 4. The van der Waals surface area contributed by atoms with Gasteiger partial charge in [-0.2, -0.15) is 5.10 Å². The van der Waals surface area contributed by atoms with Crippen molar-refractivity contribution < 1.29 is 9.53 Å². The van der Waals surface area contributed by atoms with Crippen molar-refractivity contribution in [2.75, 3.05) is 0 Å². The Hall–Kier alpha value is -2.53. The Morgan fingerprint density at radius 1 is 0.933 bits per heavy atom. The summed E-state index contributed by atoms with van der Waals surface area (Å²) in [5.74, 6) is 0.106. The monoisotopic (exact) mass is 422 g/mol. The van der Waals surface area contributed by atoms with E-state index in [9.17, 15) is 4.79 Å². The van der Waals surface area contributed by atoms with Gasteiger partial charge in [-0.15, -0.1) is 0 Å². The topological polar surface area (TPSA) is 44.1 Å². The molecule has 0 fully saturated rings. The molecule has 5 heteroatoms. The molecule has 0 bridgehead atoms. The van der Waals surface area contributed by atoms with Crippen LogP contribution in [-0.4, -0.2) is 15.7 Å². The zero-order valence-electron chi connectivity index (χ0n) is 18.8. The average molecular weight is 423 g/mol. The zero-order chi connectivity index (χ0) is 22.1. The number of aryl methyl sites for hydroxylation is 1. The molecule has 4 nitrogen and oxygen atoms in total. The summed E-state index contributed by atoms with van der Waals surface area (Å²) in [7, 11) is 0. The van der Waals surface area contributed by atoms with E-state index in [-0.39, 0.29) is 16.9 Å². The Balaban J connectivity index is 1.96. The first-order valence-corrected chi connectivity index (χ1v) is 10.9. The first kappa shape index (κ1) is 22.2. The predicted molar refractivity (Wildman–Crippen MR) is 123 cm³/mol. The van der Waals surface area contributed by atoms with Crippen LogP contribution in [0.4, 0.5) is 0 Å². The molecule has 0 unspecified atom stereocenters. The summed E-state index contributed by atoms with van der Waals surface area (Å²) >= 11 is 1.56. The van der Waals surface area contributed by atoms with E-state index in [1.54, 1.807) is 16.4 Å². The van der Waals surface area contributed by atoms with Crippen molar-refractivity contribution in [3.05, 3.63) is 71.4 Å². The number of ether oxygens (including phenoxy) is 1. The van der Waals surface area contributed by atoms with Crippen LogP contribution >= 0.6 is 11.8 Å². The molecule has 158 valence electrons. The maximum Gasteiger partial charge on any atom is 0.344 e. The van der Waals surface area contributed by atoms with Gasteiger partial charge in [-0.25, -0.2) is 9.48 Å². The minimum absolute atomic E-state index is 0.0316. The summed E-state index contributed by atoms with van der Waals surface area (Å²) in [6.45, 7) is 14.5. The lowest BCUT2D eigenvalue weighted by atomic mass is 9.87. The van der Waals surface area contributed by atoms with Gasteiger partial charge < -0.3 is 4.74 Å². The molecule has 0 aliphatic carbocycles. The molecule has 0 amide bonds. The van der Waals surface area contributed by atoms with Gasteiger partial charge in [0.05, 0.1) is 21.7 Å². The molecule has 3 rings (SSSR count). The molecule has 0 aliphatic heterocycles. The van der Waals surface area contributed by atoms with Crippen LogP contribution in [0.15, 0.2) is 64.4 Å². The van der Waals surface area contributed by atoms with Crippen molar-refractivity contribution in [1.82, 2.24) is 9.78 Å². The molecule has 0 saturated heterocycles. The highest BCUT2D eigenvalue weighted by Crippen LogP contribution is 2.40. The number of carbonyl (C=O) groups excluding carboxylic acids is 1. The molecule has 0 spiro atoms. The molecule has 1 heterocycles. The maximum atomic E-state index is 13.0. The van der Waals surface area contributed by atoms with Gasteiger partial charge >= 0.3 is 5.97 Å². The minimum Gasteiger partial charge on any atom is -0.403 e. The Morgan fingerprint density at radius 2 is 1.53 bits per heavy atom. The summed E-state index contributed by atoms with van der Waals surface area (Å²) in [6.07, 6.45) is 0. The molecule has 2 aromatic carbocycles. The van der Waals surface area contributed by atoms with E-state index in [2.05, 4.69) is 25.9 Å².